The molecule has 0 aliphatic rings. The van der Waals surface area contributed by atoms with Gasteiger partial charge in [0.2, 0.25) is 0 Å². The average Bonchev–Trinajstić information content (AvgIpc) is 2.14. The minimum Gasteiger partial charge on any atom is -0.308 e. The van der Waals surface area contributed by atoms with Crippen LogP contribution in [0.15, 0.2) is 0 Å². The SMILES string of the molecule is CCOP(=O)(OCC)C(Cl)C(=O)C(C)(C)C. The third kappa shape index (κ3) is 4.17. The Labute approximate surface area is 102 Å². The fourth-order valence-corrected chi connectivity index (χ4v) is 3.42. The molecule has 0 N–H and O–H groups in total. The maximum atomic E-state index is 12.2. The molecule has 6 heteroatoms. The van der Waals surface area contributed by atoms with Crippen LogP contribution in [0, 0.1) is 5.41 Å². The number of Topliss-reactive ketones (excluding diaryl/α,β-unsaturated/α-hetero) is 1. The van der Waals surface area contributed by atoms with Crippen LogP contribution in [0.5, 0.6) is 0 Å². The number of halogens is 1. The van der Waals surface area contributed by atoms with Gasteiger partial charge in [0, 0.05) is 5.41 Å². The Morgan fingerprint density at radius 1 is 1.25 bits per heavy atom. The Balaban J connectivity index is 4.95. The van der Waals surface area contributed by atoms with E-state index in [0.29, 0.717) is 0 Å². The van der Waals surface area contributed by atoms with Crippen molar-refractivity contribution in [2.75, 3.05) is 13.2 Å². The van der Waals surface area contributed by atoms with Gasteiger partial charge in [0.15, 0.2) is 10.9 Å². The van der Waals surface area contributed by atoms with Gasteiger partial charge in [-0.2, -0.15) is 0 Å². The first-order valence-electron chi connectivity index (χ1n) is 5.26. The Morgan fingerprint density at radius 3 is 1.88 bits per heavy atom. The number of carbonyl (C=O) groups excluding carboxylic acids is 1. The van der Waals surface area contributed by atoms with Crippen molar-refractivity contribution in [3.05, 3.63) is 0 Å². The van der Waals surface area contributed by atoms with Crippen LogP contribution < -0.4 is 0 Å². The van der Waals surface area contributed by atoms with Crippen molar-refractivity contribution in [2.45, 2.75) is 39.7 Å². The molecular weight excluding hydrogens is 251 g/mol. The van der Waals surface area contributed by atoms with Gasteiger partial charge in [0.05, 0.1) is 13.2 Å². The van der Waals surface area contributed by atoms with Crippen molar-refractivity contribution in [1.29, 1.82) is 0 Å². The zero-order chi connectivity index (χ0) is 13.0. The molecule has 0 rings (SSSR count). The van der Waals surface area contributed by atoms with Crippen molar-refractivity contribution in [3.8, 4) is 0 Å². The van der Waals surface area contributed by atoms with Crippen molar-refractivity contribution >= 4 is 25.0 Å². The van der Waals surface area contributed by atoms with Crippen molar-refractivity contribution < 1.29 is 18.4 Å². The summed E-state index contributed by atoms with van der Waals surface area (Å²) in [6.45, 7) is 8.89. The highest BCUT2D eigenvalue weighted by atomic mass is 35.5. The largest absolute Gasteiger partial charge is 0.355 e. The van der Waals surface area contributed by atoms with Gasteiger partial charge in [0.1, 0.15) is 0 Å². The van der Waals surface area contributed by atoms with Crippen LogP contribution in [0.1, 0.15) is 34.6 Å². The van der Waals surface area contributed by atoms with E-state index in [2.05, 4.69) is 0 Å². The number of rotatable bonds is 6. The summed E-state index contributed by atoms with van der Waals surface area (Å²) in [6, 6.07) is 0. The molecule has 1 atom stereocenters. The fourth-order valence-electron chi connectivity index (χ4n) is 1.03. The number of hydrogen-bond donors (Lipinski definition) is 0. The molecule has 0 aromatic rings. The second-order valence-electron chi connectivity index (χ2n) is 4.33. The van der Waals surface area contributed by atoms with Gasteiger partial charge in [-0.3, -0.25) is 9.36 Å². The van der Waals surface area contributed by atoms with Crippen LogP contribution in [-0.4, -0.2) is 24.1 Å². The van der Waals surface area contributed by atoms with Crippen LogP contribution in [0.2, 0.25) is 0 Å². The molecule has 0 aromatic carbocycles. The lowest BCUT2D eigenvalue weighted by Crippen LogP contribution is -2.30. The molecule has 0 aliphatic carbocycles. The van der Waals surface area contributed by atoms with E-state index in [1.807, 2.05) is 0 Å². The van der Waals surface area contributed by atoms with Crippen LogP contribution in [0.25, 0.3) is 0 Å². The van der Waals surface area contributed by atoms with E-state index in [4.69, 9.17) is 20.6 Å². The first kappa shape index (κ1) is 16.1. The monoisotopic (exact) mass is 270 g/mol. The zero-order valence-corrected chi connectivity index (χ0v) is 12.1. The summed E-state index contributed by atoms with van der Waals surface area (Å²) in [5.74, 6) is -0.334. The molecule has 0 saturated heterocycles. The Kier molecular flexibility index (Phi) is 6.20. The zero-order valence-electron chi connectivity index (χ0n) is 10.4. The lowest BCUT2D eigenvalue weighted by atomic mass is 9.92. The first-order valence-corrected chi connectivity index (χ1v) is 7.31. The van der Waals surface area contributed by atoms with Gasteiger partial charge in [-0.25, -0.2) is 0 Å². The second-order valence-corrected chi connectivity index (χ2v) is 7.18. The van der Waals surface area contributed by atoms with Crippen LogP contribution in [0.4, 0.5) is 0 Å². The van der Waals surface area contributed by atoms with Gasteiger partial charge in [-0.1, -0.05) is 20.8 Å². The molecule has 1 unspecified atom stereocenters. The quantitative estimate of drug-likeness (QED) is 0.548. The van der Waals surface area contributed by atoms with E-state index in [0.717, 1.165) is 0 Å². The predicted octanol–water partition coefficient (Wildman–Crippen LogP) is 3.43. The lowest BCUT2D eigenvalue weighted by molar-refractivity contribution is -0.124. The van der Waals surface area contributed by atoms with E-state index in [-0.39, 0.29) is 19.0 Å². The third-order valence-electron chi connectivity index (χ3n) is 1.85. The molecular formula is C10H20ClO4P. The molecule has 4 nitrogen and oxygen atoms in total. The summed E-state index contributed by atoms with van der Waals surface area (Å²) < 4.78 is 22.3. The molecule has 0 aliphatic heterocycles. The Bertz CT molecular complexity index is 275. The van der Waals surface area contributed by atoms with Crippen molar-refractivity contribution in [3.63, 3.8) is 0 Å². The summed E-state index contributed by atoms with van der Waals surface area (Å²) in [5.41, 5.74) is -0.670. The standard InChI is InChI=1S/C10H20ClO4P/c1-6-14-16(13,15-7-2)9(11)8(12)10(3,4)5/h9H,6-7H2,1-5H3. The van der Waals surface area contributed by atoms with E-state index in [9.17, 15) is 9.36 Å². The van der Waals surface area contributed by atoms with E-state index < -0.39 is 18.1 Å². The Morgan fingerprint density at radius 2 is 1.62 bits per heavy atom. The fraction of sp³-hybridized carbons (Fsp3) is 0.900. The van der Waals surface area contributed by atoms with Crippen molar-refractivity contribution in [2.24, 2.45) is 5.41 Å². The molecule has 0 amide bonds. The Hall–Kier alpha value is 0.110. The summed E-state index contributed by atoms with van der Waals surface area (Å²) in [7, 11) is -3.55. The number of hydrogen-bond acceptors (Lipinski definition) is 4. The molecule has 0 aromatic heterocycles. The van der Waals surface area contributed by atoms with E-state index in [1.165, 1.54) is 0 Å². The summed E-state index contributed by atoms with van der Waals surface area (Å²) in [6.07, 6.45) is 0. The smallest absolute Gasteiger partial charge is 0.308 e. The maximum absolute atomic E-state index is 12.2. The highest BCUT2D eigenvalue weighted by Crippen LogP contribution is 2.56. The highest BCUT2D eigenvalue weighted by Gasteiger charge is 2.43. The maximum Gasteiger partial charge on any atom is 0.355 e. The summed E-state index contributed by atoms with van der Waals surface area (Å²) >= 11 is 5.92. The third-order valence-corrected chi connectivity index (χ3v) is 4.79. The molecule has 0 radical (unpaired) electrons. The average molecular weight is 271 g/mol. The second kappa shape index (κ2) is 6.15. The van der Waals surface area contributed by atoms with E-state index in [1.54, 1.807) is 34.6 Å². The lowest BCUT2D eigenvalue weighted by Gasteiger charge is -2.26. The summed E-state index contributed by atoms with van der Waals surface area (Å²) in [5, 5.41) is -1.24. The van der Waals surface area contributed by atoms with Gasteiger partial charge < -0.3 is 9.05 Å². The molecule has 0 saturated carbocycles. The van der Waals surface area contributed by atoms with Gasteiger partial charge in [0.25, 0.3) is 0 Å². The summed E-state index contributed by atoms with van der Waals surface area (Å²) in [4.78, 5) is 11.9. The first-order chi connectivity index (χ1) is 7.19. The molecule has 0 heterocycles. The van der Waals surface area contributed by atoms with Crippen LogP contribution >= 0.6 is 19.2 Å². The predicted molar refractivity (Wildman–Crippen MR) is 65.0 cm³/mol. The van der Waals surface area contributed by atoms with Crippen LogP contribution in [-0.2, 0) is 18.4 Å². The number of carbonyl (C=O) groups is 1. The molecule has 0 fully saturated rings. The minimum atomic E-state index is -3.55. The molecule has 0 spiro atoms. The highest BCUT2D eigenvalue weighted by molar-refractivity contribution is 7.57. The normalized spacial score (nSPS) is 14.9. The van der Waals surface area contributed by atoms with Gasteiger partial charge in [-0.15, -0.1) is 11.6 Å². The molecule has 96 valence electrons. The van der Waals surface area contributed by atoms with Crippen molar-refractivity contribution in [1.82, 2.24) is 0 Å². The van der Waals surface area contributed by atoms with Gasteiger partial charge >= 0.3 is 7.60 Å². The number of ketones is 1. The molecule has 16 heavy (non-hydrogen) atoms. The topological polar surface area (TPSA) is 52.6 Å². The number of alkyl halides is 1. The van der Waals surface area contributed by atoms with E-state index >= 15 is 0 Å². The van der Waals surface area contributed by atoms with Crippen LogP contribution in [0.3, 0.4) is 0 Å². The van der Waals surface area contributed by atoms with Gasteiger partial charge in [-0.05, 0) is 13.8 Å². The molecule has 0 bridgehead atoms. The minimum absolute atomic E-state index is 0.192.